The fraction of sp³-hybridized carbons (Fsp3) is 0.227. The summed E-state index contributed by atoms with van der Waals surface area (Å²) in [5.41, 5.74) is 2.69. The van der Waals surface area contributed by atoms with E-state index in [1.807, 2.05) is 24.3 Å². The van der Waals surface area contributed by atoms with Crippen molar-refractivity contribution >= 4 is 10.9 Å². The molecule has 1 atom stereocenters. The SMILES string of the molecule is COc1cc(F)cc(C2Cn3nc(-c4[nH]c5ccccc5c(=O)c4C)nc3CN2)c1. The molecule has 7 nitrogen and oxygen atoms in total. The van der Waals surface area contributed by atoms with Gasteiger partial charge in [0.05, 0.1) is 31.9 Å². The Labute approximate surface area is 171 Å². The quantitative estimate of drug-likeness (QED) is 0.547. The Morgan fingerprint density at radius 3 is 2.90 bits per heavy atom. The van der Waals surface area contributed by atoms with Gasteiger partial charge in [0.25, 0.3) is 0 Å². The van der Waals surface area contributed by atoms with E-state index in [4.69, 9.17) is 4.74 Å². The van der Waals surface area contributed by atoms with Gasteiger partial charge in [0.15, 0.2) is 11.3 Å². The lowest BCUT2D eigenvalue weighted by molar-refractivity contribution is 0.367. The minimum atomic E-state index is -0.347. The molecule has 4 aromatic rings. The molecule has 2 aromatic heterocycles. The van der Waals surface area contributed by atoms with Crippen molar-refractivity contribution in [3.63, 3.8) is 0 Å². The van der Waals surface area contributed by atoms with Gasteiger partial charge >= 0.3 is 0 Å². The Hall–Kier alpha value is -3.52. The van der Waals surface area contributed by atoms with Gasteiger partial charge in [0.1, 0.15) is 17.4 Å². The number of rotatable bonds is 3. The zero-order chi connectivity index (χ0) is 20.8. The van der Waals surface area contributed by atoms with E-state index in [0.717, 1.165) is 16.9 Å². The molecule has 0 saturated heterocycles. The summed E-state index contributed by atoms with van der Waals surface area (Å²) in [6.45, 7) is 2.75. The van der Waals surface area contributed by atoms with Crippen LogP contribution in [-0.4, -0.2) is 26.9 Å². The van der Waals surface area contributed by atoms with E-state index in [0.29, 0.717) is 41.3 Å². The fourth-order valence-corrected chi connectivity index (χ4v) is 3.89. The molecule has 3 heterocycles. The van der Waals surface area contributed by atoms with E-state index in [-0.39, 0.29) is 17.3 Å². The highest BCUT2D eigenvalue weighted by Crippen LogP contribution is 2.27. The summed E-state index contributed by atoms with van der Waals surface area (Å²) in [7, 11) is 1.52. The molecule has 5 rings (SSSR count). The smallest absolute Gasteiger partial charge is 0.198 e. The number of hydrogen-bond acceptors (Lipinski definition) is 5. The molecule has 0 amide bonds. The first-order valence-electron chi connectivity index (χ1n) is 9.67. The van der Waals surface area contributed by atoms with E-state index >= 15 is 0 Å². The first-order valence-corrected chi connectivity index (χ1v) is 9.67. The molecule has 1 unspecified atom stereocenters. The number of aromatic nitrogens is 4. The summed E-state index contributed by atoms with van der Waals surface area (Å²) < 4.78 is 20.9. The third-order valence-electron chi connectivity index (χ3n) is 5.51. The van der Waals surface area contributed by atoms with E-state index in [1.165, 1.54) is 19.2 Å². The van der Waals surface area contributed by atoms with Gasteiger partial charge in [0.2, 0.25) is 0 Å². The van der Waals surface area contributed by atoms with E-state index in [9.17, 15) is 9.18 Å². The zero-order valence-corrected chi connectivity index (χ0v) is 16.6. The number of nitrogens with one attached hydrogen (secondary N) is 2. The van der Waals surface area contributed by atoms with Gasteiger partial charge in [-0.05, 0) is 36.8 Å². The molecular weight excluding hydrogens is 385 g/mol. The van der Waals surface area contributed by atoms with Crippen molar-refractivity contribution in [3.05, 3.63) is 75.5 Å². The molecule has 0 aliphatic carbocycles. The number of H-pyrrole nitrogens is 1. The number of methoxy groups -OCH3 is 1. The summed E-state index contributed by atoms with van der Waals surface area (Å²) in [6.07, 6.45) is 0. The van der Waals surface area contributed by atoms with Crippen molar-refractivity contribution < 1.29 is 9.13 Å². The molecule has 152 valence electrons. The predicted molar refractivity (Wildman–Crippen MR) is 111 cm³/mol. The van der Waals surface area contributed by atoms with Crippen LogP contribution in [0.3, 0.4) is 0 Å². The van der Waals surface area contributed by atoms with Crippen LogP contribution in [0.2, 0.25) is 0 Å². The minimum absolute atomic E-state index is 0.0324. The van der Waals surface area contributed by atoms with Crippen LogP contribution in [0, 0.1) is 12.7 Å². The second kappa shape index (κ2) is 7.07. The first-order chi connectivity index (χ1) is 14.5. The molecule has 0 saturated carbocycles. The second-order valence-electron chi connectivity index (χ2n) is 7.39. The second-order valence-corrected chi connectivity index (χ2v) is 7.39. The number of pyridine rings is 1. The van der Waals surface area contributed by atoms with Gasteiger partial charge in [-0.2, -0.15) is 0 Å². The molecule has 8 heteroatoms. The van der Waals surface area contributed by atoms with Crippen molar-refractivity contribution in [2.75, 3.05) is 7.11 Å². The van der Waals surface area contributed by atoms with Crippen molar-refractivity contribution in [1.82, 2.24) is 25.1 Å². The molecule has 0 fully saturated rings. The number of para-hydroxylation sites is 1. The number of benzene rings is 2. The normalized spacial score (nSPS) is 15.9. The van der Waals surface area contributed by atoms with E-state index < -0.39 is 0 Å². The molecule has 1 aliphatic rings. The van der Waals surface area contributed by atoms with Gasteiger partial charge in [-0.25, -0.2) is 14.1 Å². The Balaban J connectivity index is 1.52. The highest BCUT2D eigenvalue weighted by molar-refractivity contribution is 5.82. The standard InChI is InChI=1S/C22H20FN5O2/c1-12-20(25-17-6-4-3-5-16(17)21(12)29)22-26-19-10-24-18(11-28(19)27-22)13-7-14(23)9-15(8-13)30-2/h3-9,18,24H,10-11H2,1-2H3,(H,25,29). The Morgan fingerprint density at radius 2 is 2.07 bits per heavy atom. The van der Waals surface area contributed by atoms with Gasteiger partial charge in [-0.3, -0.25) is 4.79 Å². The first kappa shape index (κ1) is 18.5. The average Bonchev–Trinajstić information content (AvgIpc) is 3.19. The van der Waals surface area contributed by atoms with Gasteiger partial charge in [0, 0.05) is 22.5 Å². The van der Waals surface area contributed by atoms with Gasteiger partial charge < -0.3 is 15.0 Å². The van der Waals surface area contributed by atoms with Crippen molar-refractivity contribution in [3.8, 4) is 17.3 Å². The maximum absolute atomic E-state index is 13.9. The van der Waals surface area contributed by atoms with Crippen molar-refractivity contribution in [2.24, 2.45) is 0 Å². The Bertz CT molecular complexity index is 1330. The molecule has 30 heavy (non-hydrogen) atoms. The summed E-state index contributed by atoms with van der Waals surface area (Å²) in [4.78, 5) is 20.7. The van der Waals surface area contributed by atoms with Crippen LogP contribution in [0.15, 0.2) is 47.3 Å². The Kier molecular flexibility index (Phi) is 4.36. The van der Waals surface area contributed by atoms with Crippen LogP contribution in [0.25, 0.3) is 22.4 Å². The number of nitrogens with zero attached hydrogens (tertiary/aromatic N) is 3. The number of ether oxygens (including phenoxy) is 1. The molecular formula is C22H20FN5O2. The van der Waals surface area contributed by atoms with E-state index in [2.05, 4.69) is 20.4 Å². The number of hydrogen-bond donors (Lipinski definition) is 2. The van der Waals surface area contributed by atoms with Crippen LogP contribution >= 0.6 is 0 Å². The van der Waals surface area contributed by atoms with Crippen molar-refractivity contribution in [1.29, 1.82) is 0 Å². The van der Waals surface area contributed by atoms with Gasteiger partial charge in [-0.15, -0.1) is 5.10 Å². The van der Waals surface area contributed by atoms with Crippen LogP contribution < -0.4 is 15.5 Å². The number of fused-ring (bicyclic) bond motifs is 2. The summed E-state index contributed by atoms with van der Waals surface area (Å²) in [6, 6.07) is 11.9. The van der Waals surface area contributed by atoms with Crippen LogP contribution in [0.5, 0.6) is 5.75 Å². The van der Waals surface area contributed by atoms with Crippen LogP contribution in [0.1, 0.15) is 23.0 Å². The van der Waals surface area contributed by atoms with E-state index in [1.54, 1.807) is 17.7 Å². The molecule has 2 aromatic carbocycles. The lowest BCUT2D eigenvalue weighted by Crippen LogP contribution is -2.33. The summed E-state index contributed by atoms with van der Waals surface area (Å²) in [5.74, 6) is 1.37. The lowest BCUT2D eigenvalue weighted by atomic mass is 10.1. The topological polar surface area (TPSA) is 84.8 Å². The maximum atomic E-state index is 13.9. The average molecular weight is 405 g/mol. The summed E-state index contributed by atoms with van der Waals surface area (Å²) >= 11 is 0. The lowest BCUT2D eigenvalue weighted by Gasteiger charge is -2.24. The fourth-order valence-electron chi connectivity index (χ4n) is 3.89. The number of halogens is 1. The molecule has 2 N–H and O–H groups in total. The largest absolute Gasteiger partial charge is 0.497 e. The van der Waals surface area contributed by atoms with Crippen molar-refractivity contribution in [2.45, 2.75) is 26.1 Å². The third-order valence-corrected chi connectivity index (χ3v) is 5.51. The highest BCUT2D eigenvalue weighted by Gasteiger charge is 2.24. The highest BCUT2D eigenvalue weighted by atomic mass is 19.1. The monoisotopic (exact) mass is 405 g/mol. The molecule has 0 radical (unpaired) electrons. The van der Waals surface area contributed by atoms with Crippen LogP contribution in [-0.2, 0) is 13.1 Å². The Morgan fingerprint density at radius 1 is 1.23 bits per heavy atom. The third kappa shape index (κ3) is 3.05. The van der Waals surface area contributed by atoms with Gasteiger partial charge in [-0.1, -0.05) is 12.1 Å². The summed E-state index contributed by atoms with van der Waals surface area (Å²) in [5, 5.41) is 8.66. The maximum Gasteiger partial charge on any atom is 0.198 e. The number of aromatic amines is 1. The molecule has 1 aliphatic heterocycles. The van der Waals surface area contributed by atoms with Crippen LogP contribution in [0.4, 0.5) is 4.39 Å². The predicted octanol–water partition coefficient (Wildman–Crippen LogP) is 3.09. The molecule has 0 bridgehead atoms. The minimum Gasteiger partial charge on any atom is -0.497 e. The zero-order valence-electron chi connectivity index (χ0n) is 16.6. The molecule has 0 spiro atoms.